The molecule has 0 aliphatic heterocycles. The molecule has 33 heavy (non-hydrogen) atoms. The van der Waals surface area contributed by atoms with Gasteiger partial charge in [-0.2, -0.15) is 0 Å². The summed E-state index contributed by atoms with van der Waals surface area (Å²) in [6.07, 6.45) is -0.0591. The van der Waals surface area contributed by atoms with Gasteiger partial charge in [0, 0.05) is 16.3 Å². The number of aromatic amines is 1. The van der Waals surface area contributed by atoms with Crippen molar-refractivity contribution in [2.45, 2.75) is 59.6 Å². The maximum atomic E-state index is 12.8. The largest absolute Gasteiger partial charge is 0.444 e. The molecule has 176 valence electrons. The van der Waals surface area contributed by atoms with Crippen molar-refractivity contribution in [3.8, 4) is 0 Å². The van der Waals surface area contributed by atoms with E-state index in [0.29, 0.717) is 12.1 Å². The molecule has 9 heteroatoms. The lowest BCUT2D eigenvalue weighted by atomic mass is 9.99. The van der Waals surface area contributed by atoms with Gasteiger partial charge >= 0.3 is 6.09 Å². The number of benzene rings is 1. The molecular weight excluding hydrogens is 422 g/mol. The van der Waals surface area contributed by atoms with Crippen molar-refractivity contribution in [1.29, 1.82) is 0 Å². The summed E-state index contributed by atoms with van der Waals surface area (Å²) in [6.45, 7) is 10.8. The van der Waals surface area contributed by atoms with Gasteiger partial charge in [-0.1, -0.05) is 38.5 Å². The van der Waals surface area contributed by atoms with E-state index in [4.69, 9.17) is 4.74 Å². The number of alkyl carbamates (subject to hydrolysis) is 1. The van der Waals surface area contributed by atoms with E-state index in [2.05, 4.69) is 26.1 Å². The van der Waals surface area contributed by atoms with Crippen molar-refractivity contribution in [2.75, 3.05) is 0 Å². The zero-order valence-corrected chi connectivity index (χ0v) is 19.8. The Morgan fingerprint density at radius 1 is 1.12 bits per heavy atom. The van der Waals surface area contributed by atoms with Crippen LogP contribution in [-0.2, 0) is 9.53 Å². The second kappa shape index (κ2) is 9.48. The van der Waals surface area contributed by atoms with Gasteiger partial charge in [-0.05, 0) is 45.7 Å². The molecule has 4 N–H and O–H groups in total. The first kappa shape index (κ1) is 24.0. The molecule has 3 amide bonds. The molecule has 0 aliphatic carbocycles. The van der Waals surface area contributed by atoms with Gasteiger partial charge in [0.05, 0.1) is 11.2 Å². The number of pyridine rings is 1. The molecule has 0 spiro atoms. The van der Waals surface area contributed by atoms with E-state index in [0.717, 1.165) is 21.8 Å². The first-order valence-electron chi connectivity index (χ1n) is 11.0. The Balaban J connectivity index is 1.74. The van der Waals surface area contributed by atoms with Crippen molar-refractivity contribution in [1.82, 2.24) is 26.1 Å². The van der Waals surface area contributed by atoms with Crippen LogP contribution in [0.3, 0.4) is 0 Å². The van der Waals surface area contributed by atoms with Crippen LogP contribution < -0.4 is 16.2 Å². The molecular formula is C24H31N5O4. The molecule has 0 aliphatic rings. The number of aromatic nitrogens is 2. The summed E-state index contributed by atoms with van der Waals surface area (Å²) in [5.74, 6) is -1.29. The third-order valence-corrected chi connectivity index (χ3v) is 5.38. The Labute approximate surface area is 192 Å². The number of hydrogen-bond acceptors (Lipinski definition) is 5. The molecule has 1 aromatic carbocycles. The van der Waals surface area contributed by atoms with Crippen LogP contribution in [0.4, 0.5) is 4.79 Å². The van der Waals surface area contributed by atoms with Gasteiger partial charge in [0.1, 0.15) is 17.3 Å². The van der Waals surface area contributed by atoms with Crippen LogP contribution >= 0.6 is 0 Å². The molecule has 3 rings (SSSR count). The monoisotopic (exact) mass is 453 g/mol. The van der Waals surface area contributed by atoms with Crippen LogP contribution in [0.25, 0.3) is 21.8 Å². The van der Waals surface area contributed by atoms with Crippen LogP contribution in [0, 0.1) is 12.8 Å². The standard InChI is InChI=1S/C24H31N5O4/c1-7-13(2)19(27-23(32)33-24(4,5)6)22(31)29-28-21(30)18-12-16-15-10-8-9-11-17(15)26-20(16)14(3)25-18/h8-13,19,26H,7H2,1-6H3,(H,27,32)(H,28,30)(H,29,31)/t13-,19-/m0/s1. The number of carbonyl (C=O) groups excluding carboxylic acids is 3. The van der Waals surface area contributed by atoms with Gasteiger partial charge in [0.15, 0.2) is 0 Å². The Bertz CT molecular complexity index is 1190. The third-order valence-electron chi connectivity index (χ3n) is 5.38. The summed E-state index contributed by atoms with van der Waals surface area (Å²) in [4.78, 5) is 45.4. The minimum Gasteiger partial charge on any atom is -0.444 e. The van der Waals surface area contributed by atoms with Gasteiger partial charge in [-0.15, -0.1) is 0 Å². The SMILES string of the molecule is CC[C@H](C)[C@H](NC(=O)OC(C)(C)C)C(=O)NNC(=O)c1cc2c([nH]c3ccccc32)c(C)n1. The molecule has 2 atom stereocenters. The molecule has 0 bridgehead atoms. The van der Waals surface area contributed by atoms with Crippen LogP contribution in [0.5, 0.6) is 0 Å². The number of fused-ring (bicyclic) bond motifs is 3. The summed E-state index contributed by atoms with van der Waals surface area (Å²) in [5, 5.41) is 4.45. The zero-order chi connectivity index (χ0) is 24.3. The maximum absolute atomic E-state index is 12.8. The molecule has 0 saturated heterocycles. The molecule has 3 aromatic rings. The van der Waals surface area contributed by atoms with Crippen molar-refractivity contribution in [3.63, 3.8) is 0 Å². The van der Waals surface area contributed by atoms with E-state index in [1.807, 2.05) is 45.0 Å². The number of amides is 3. The fraction of sp³-hybridized carbons (Fsp3) is 0.417. The van der Waals surface area contributed by atoms with Gasteiger partial charge in [0.25, 0.3) is 11.8 Å². The zero-order valence-electron chi connectivity index (χ0n) is 19.8. The van der Waals surface area contributed by atoms with E-state index in [1.54, 1.807) is 26.8 Å². The first-order chi connectivity index (χ1) is 15.5. The summed E-state index contributed by atoms with van der Waals surface area (Å²) >= 11 is 0. The molecule has 9 nitrogen and oxygen atoms in total. The lowest BCUT2D eigenvalue weighted by Crippen LogP contribution is -2.55. The minimum atomic E-state index is -0.879. The van der Waals surface area contributed by atoms with Crippen molar-refractivity contribution in [3.05, 3.63) is 41.7 Å². The Morgan fingerprint density at radius 3 is 2.48 bits per heavy atom. The highest BCUT2D eigenvalue weighted by Gasteiger charge is 2.28. The second-order valence-electron chi connectivity index (χ2n) is 9.14. The average molecular weight is 454 g/mol. The van der Waals surface area contributed by atoms with Crippen LogP contribution in [0.15, 0.2) is 30.3 Å². The average Bonchev–Trinajstić information content (AvgIpc) is 3.13. The number of H-pyrrole nitrogens is 1. The van der Waals surface area contributed by atoms with Gasteiger partial charge < -0.3 is 15.0 Å². The van der Waals surface area contributed by atoms with Crippen molar-refractivity contribution >= 4 is 39.7 Å². The van der Waals surface area contributed by atoms with Crippen LogP contribution in [0.1, 0.15) is 57.2 Å². The topological polar surface area (TPSA) is 125 Å². The number of carbonyl (C=O) groups is 3. The fourth-order valence-corrected chi connectivity index (χ4v) is 3.52. The number of aryl methyl sites for hydroxylation is 1. The first-order valence-corrected chi connectivity index (χ1v) is 11.0. The number of para-hydroxylation sites is 1. The summed E-state index contributed by atoms with van der Waals surface area (Å²) in [6, 6.07) is 8.60. The predicted molar refractivity (Wildman–Crippen MR) is 127 cm³/mol. The van der Waals surface area contributed by atoms with Gasteiger partial charge in [-0.25, -0.2) is 9.78 Å². The van der Waals surface area contributed by atoms with E-state index in [-0.39, 0.29) is 11.6 Å². The lowest BCUT2D eigenvalue weighted by Gasteiger charge is -2.26. The fourth-order valence-electron chi connectivity index (χ4n) is 3.52. The van der Waals surface area contributed by atoms with Crippen LogP contribution in [0.2, 0.25) is 0 Å². The number of hydrazine groups is 1. The van der Waals surface area contributed by atoms with Crippen molar-refractivity contribution < 1.29 is 19.1 Å². The predicted octanol–water partition coefficient (Wildman–Crippen LogP) is 3.72. The van der Waals surface area contributed by atoms with Crippen LogP contribution in [-0.4, -0.2) is 39.5 Å². The molecule has 2 heterocycles. The number of ether oxygens (including phenoxy) is 1. The highest BCUT2D eigenvalue weighted by molar-refractivity contribution is 6.10. The highest BCUT2D eigenvalue weighted by atomic mass is 16.6. The molecule has 0 fully saturated rings. The Morgan fingerprint density at radius 2 is 1.82 bits per heavy atom. The quantitative estimate of drug-likeness (QED) is 0.438. The maximum Gasteiger partial charge on any atom is 0.408 e. The van der Waals surface area contributed by atoms with E-state index in [9.17, 15) is 14.4 Å². The molecule has 0 radical (unpaired) electrons. The van der Waals surface area contributed by atoms with E-state index < -0.39 is 29.6 Å². The molecule has 0 saturated carbocycles. The van der Waals surface area contributed by atoms with E-state index >= 15 is 0 Å². The minimum absolute atomic E-state index is 0.172. The summed E-state index contributed by atoms with van der Waals surface area (Å²) in [5.41, 5.74) is 6.77. The molecule has 2 aromatic heterocycles. The van der Waals surface area contributed by atoms with Gasteiger partial charge in [-0.3, -0.25) is 20.4 Å². The Kier molecular flexibility index (Phi) is 6.90. The molecule has 0 unspecified atom stereocenters. The lowest BCUT2D eigenvalue weighted by molar-refractivity contribution is -0.125. The smallest absolute Gasteiger partial charge is 0.408 e. The Hall–Kier alpha value is -3.62. The summed E-state index contributed by atoms with van der Waals surface area (Å²) < 4.78 is 5.26. The number of nitrogens with one attached hydrogen (secondary N) is 4. The number of nitrogens with zero attached hydrogens (tertiary/aromatic N) is 1. The number of hydrogen-bond donors (Lipinski definition) is 4. The highest BCUT2D eigenvalue weighted by Crippen LogP contribution is 2.27. The van der Waals surface area contributed by atoms with Gasteiger partial charge in [0.2, 0.25) is 0 Å². The second-order valence-corrected chi connectivity index (χ2v) is 9.14. The normalized spacial score (nSPS) is 13.4. The van der Waals surface area contributed by atoms with E-state index in [1.165, 1.54) is 0 Å². The summed E-state index contributed by atoms with van der Waals surface area (Å²) in [7, 11) is 0. The number of rotatable bonds is 5. The van der Waals surface area contributed by atoms with Crippen molar-refractivity contribution in [2.24, 2.45) is 5.92 Å². The third kappa shape index (κ3) is 5.60.